The number of rotatable bonds is 4. The summed E-state index contributed by atoms with van der Waals surface area (Å²) in [4.78, 5) is 0. The lowest BCUT2D eigenvalue weighted by Crippen LogP contribution is -2.40. The average Bonchev–Trinajstić information content (AvgIpc) is 2.17. The predicted molar refractivity (Wildman–Crippen MR) is 60.1 cm³/mol. The first-order chi connectivity index (χ1) is 6.88. The SMILES string of the molecule is CCC1CC(NCc2ccccc2)C1. The van der Waals surface area contributed by atoms with Crippen molar-refractivity contribution in [2.24, 2.45) is 5.92 Å². The van der Waals surface area contributed by atoms with Crippen molar-refractivity contribution in [2.75, 3.05) is 0 Å². The molecule has 0 bridgehead atoms. The summed E-state index contributed by atoms with van der Waals surface area (Å²) in [7, 11) is 0. The van der Waals surface area contributed by atoms with Crippen molar-refractivity contribution in [3.05, 3.63) is 35.9 Å². The van der Waals surface area contributed by atoms with Crippen LogP contribution in [-0.4, -0.2) is 6.04 Å². The number of hydrogen-bond donors (Lipinski definition) is 1. The highest BCUT2D eigenvalue weighted by Crippen LogP contribution is 2.29. The molecule has 0 radical (unpaired) electrons. The fourth-order valence-electron chi connectivity index (χ4n) is 2.09. The third-order valence-corrected chi connectivity index (χ3v) is 3.25. The van der Waals surface area contributed by atoms with Gasteiger partial charge in [0.05, 0.1) is 0 Å². The van der Waals surface area contributed by atoms with Crippen LogP contribution < -0.4 is 5.32 Å². The average molecular weight is 189 g/mol. The Kier molecular flexibility index (Phi) is 3.20. The fourth-order valence-corrected chi connectivity index (χ4v) is 2.09. The molecule has 76 valence electrons. The molecule has 0 amide bonds. The molecule has 1 aromatic carbocycles. The zero-order chi connectivity index (χ0) is 9.80. The van der Waals surface area contributed by atoms with Gasteiger partial charge in [-0.15, -0.1) is 0 Å². The second-order valence-corrected chi connectivity index (χ2v) is 4.31. The topological polar surface area (TPSA) is 12.0 Å². The number of benzene rings is 1. The van der Waals surface area contributed by atoms with Crippen LogP contribution in [0.2, 0.25) is 0 Å². The van der Waals surface area contributed by atoms with Gasteiger partial charge in [-0.3, -0.25) is 0 Å². The Bertz CT molecular complexity index is 262. The molecule has 1 aliphatic carbocycles. The first-order valence-electron chi connectivity index (χ1n) is 5.65. The monoisotopic (exact) mass is 189 g/mol. The van der Waals surface area contributed by atoms with Crippen molar-refractivity contribution in [1.82, 2.24) is 5.32 Å². The van der Waals surface area contributed by atoms with Gasteiger partial charge >= 0.3 is 0 Å². The normalized spacial score (nSPS) is 25.8. The first kappa shape index (κ1) is 9.72. The maximum atomic E-state index is 3.60. The molecule has 1 fully saturated rings. The highest BCUT2D eigenvalue weighted by molar-refractivity contribution is 5.14. The zero-order valence-corrected chi connectivity index (χ0v) is 8.87. The van der Waals surface area contributed by atoms with Gasteiger partial charge in [0.2, 0.25) is 0 Å². The molecule has 1 aromatic rings. The molecule has 14 heavy (non-hydrogen) atoms. The summed E-state index contributed by atoms with van der Waals surface area (Å²) in [6, 6.07) is 11.4. The van der Waals surface area contributed by atoms with Gasteiger partial charge in [0.25, 0.3) is 0 Å². The molecule has 0 spiro atoms. The minimum atomic E-state index is 0.778. The second-order valence-electron chi connectivity index (χ2n) is 4.31. The van der Waals surface area contributed by atoms with E-state index in [1.807, 2.05) is 0 Å². The van der Waals surface area contributed by atoms with Gasteiger partial charge in [-0.2, -0.15) is 0 Å². The number of nitrogens with one attached hydrogen (secondary N) is 1. The van der Waals surface area contributed by atoms with E-state index in [0.29, 0.717) is 0 Å². The predicted octanol–water partition coefficient (Wildman–Crippen LogP) is 2.96. The Morgan fingerprint density at radius 3 is 2.57 bits per heavy atom. The minimum Gasteiger partial charge on any atom is -0.310 e. The molecular weight excluding hydrogens is 170 g/mol. The molecule has 1 heteroatoms. The fraction of sp³-hybridized carbons (Fsp3) is 0.538. The highest BCUT2D eigenvalue weighted by atomic mass is 14.9. The molecule has 1 saturated carbocycles. The Labute approximate surface area is 86.5 Å². The van der Waals surface area contributed by atoms with Crippen molar-refractivity contribution in [3.63, 3.8) is 0 Å². The van der Waals surface area contributed by atoms with Crippen molar-refractivity contribution < 1.29 is 0 Å². The van der Waals surface area contributed by atoms with Gasteiger partial charge in [-0.05, 0) is 24.3 Å². The molecule has 0 unspecified atom stereocenters. The smallest absolute Gasteiger partial charge is 0.0208 e. The third-order valence-electron chi connectivity index (χ3n) is 3.25. The summed E-state index contributed by atoms with van der Waals surface area (Å²) in [6.45, 7) is 3.32. The van der Waals surface area contributed by atoms with Gasteiger partial charge in [0.1, 0.15) is 0 Å². The largest absolute Gasteiger partial charge is 0.310 e. The lowest BCUT2D eigenvalue weighted by Gasteiger charge is -2.35. The summed E-state index contributed by atoms with van der Waals surface area (Å²) in [5.74, 6) is 0.989. The molecule has 0 saturated heterocycles. The second kappa shape index (κ2) is 4.61. The van der Waals surface area contributed by atoms with Gasteiger partial charge in [0.15, 0.2) is 0 Å². The van der Waals surface area contributed by atoms with Crippen LogP contribution in [0.25, 0.3) is 0 Å². The maximum Gasteiger partial charge on any atom is 0.0208 e. The Balaban J connectivity index is 1.69. The first-order valence-corrected chi connectivity index (χ1v) is 5.65. The van der Waals surface area contributed by atoms with E-state index in [0.717, 1.165) is 18.5 Å². The Morgan fingerprint density at radius 1 is 1.21 bits per heavy atom. The van der Waals surface area contributed by atoms with Crippen molar-refractivity contribution in [2.45, 2.75) is 38.8 Å². The van der Waals surface area contributed by atoms with E-state index in [1.165, 1.54) is 24.8 Å². The van der Waals surface area contributed by atoms with Crippen molar-refractivity contribution in [1.29, 1.82) is 0 Å². The van der Waals surface area contributed by atoms with Gasteiger partial charge in [-0.1, -0.05) is 43.7 Å². The summed E-state index contributed by atoms with van der Waals surface area (Å²) in [5.41, 5.74) is 1.40. The summed E-state index contributed by atoms with van der Waals surface area (Å²) in [5, 5.41) is 3.60. The van der Waals surface area contributed by atoms with Crippen LogP contribution in [0.5, 0.6) is 0 Å². The molecule has 1 N–H and O–H groups in total. The molecule has 0 heterocycles. The zero-order valence-electron chi connectivity index (χ0n) is 8.87. The molecule has 2 rings (SSSR count). The molecule has 0 aromatic heterocycles. The number of hydrogen-bond acceptors (Lipinski definition) is 1. The van der Waals surface area contributed by atoms with E-state index < -0.39 is 0 Å². The van der Waals surface area contributed by atoms with E-state index in [9.17, 15) is 0 Å². The Hall–Kier alpha value is -0.820. The quantitative estimate of drug-likeness (QED) is 0.768. The van der Waals surface area contributed by atoms with Crippen molar-refractivity contribution in [3.8, 4) is 0 Å². The molecule has 0 aliphatic heterocycles. The lowest BCUT2D eigenvalue weighted by atomic mass is 9.78. The molecule has 1 aliphatic rings. The molecule has 0 atom stereocenters. The van der Waals surface area contributed by atoms with E-state index in [-0.39, 0.29) is 0 Å². The van der Waals surface area contributed by atoms with Crippen LogP contribution in [0.1, 0.15) is 31.7 Å². The van der Waals surface area contributed by atoms with E-state index in [1.54, 1.807) is 0 Å². The summed E-state index contributed by atoms with van der Waals surface area (Å²) >= 11 is 0. The molecule has 1 nitrogen and oxygen atoms in total. The van der Waals surface area contributed by atoms with E-state index in [4.69, 9.17) is 0 Å². The van der Waals surface area contributed by atoms with E-state index in [2.05, 4.69) is 42.6 Å². The summed E-state index contributed by atoms with van der Waals surface area (Å²) < 4.78 is 0. The van der Waals surface area contributed by atoms with Gasteiger partial charge in [0, 0.05) is 12.6 Å². The Morgan fingerprint density at radius 2 is 1.93 bits per heavy atom. The van der Waals surface area contributed by atoms with Crippen LogP contribution >= 0.6 is 0 Å². The van der Waals surface area contributed by atoms with Crippen LogP contribution in [0.15, 0.2) is 30.3 Å². The summed E-state index contributed by atoms with van der Waals surface area (Å²) in [6.07, 6.45) is 4.11. The van der Waals surface area contributed by atoms with Crippen LogP contribution in [0.3, 0.4) is 0 Å². The minimum absolute atomic E-state index is 0.778. The van der Waals surface area contributed by atoms with Crippen LogP contribution in [0.4, 0.5) is 0 Å². The lowest BCUT2D eigenvalue weighted by molar-refractivity contribution is 0.215. The highest BCUT2D eigenvalue weighted by Gasteiger charge is 2.26. The molecular formula is C13H19N. The van der Waals surface area contributed by atoms with Crippen LogP contribution in [-0.2, 0) is 6.54 Å². The van der Waals surface area contributed by atoms with Gasteiger partial charge in [-0.25, -0.2) is 0 Å². The van der Waals surface area contributed by atoms with Crippen molar-refractivity contribution >= 4 is 0 Å². The third kappa shape index (κ3) is 2.36. The standard InChI is InChI=1S/C13H19N/c1-2-11-8-13(9-11)14-10-12-6-4-3-5-7-12/h3-7,11,13-14H,2,8-10H2,1H3. The maximum absolute atomic E-state index is 3.60. The van der Waals surface area contributed by atoms with E-state index >= 15 is 0 Å². The van der Waals surface area contributed by atoms with Gasteiger partial charge < -0.3 is 5.32 Å². The van der Waals surface area contributed by atoms with Crippen LogP contribution in [0, 0.1) is 5.92 Å².